The molecule has 0 saturated carbocycles. The second-order valence-electron chi connectivity index (χ2n) is 5.79. The van der Waals surface area contributed by atoms with Gasteiger partial charge in [-0.05, 0) is 30.3 Å². The minimum atomic E-state index is -4.08. The maximum Gasteiger partial charge on any atom is 0.340 e. The lowest BCUT2D eigenvalue weighted by atomic mass is 10.2. The minimum Gasteiger partial charge on any atom is -0.452 e. The van der Waals surface area contributed by atoms with E-state index in [2.05, 4.69) is 6.58 Å². The largest absolute Gasteiger partial charge is 0.452 e. The van der Waals surface area contributed by atoms with Crippen molar-refractivity contribution >= 4 is 45.2 Å². The first-order chi connectivity index (χ1) is 14.2. The van der Waals surface area contributed by atoms with Crippen LogP contribution in [0.2, 0.25) is 5.02 Å². The van der Waals surface area contributed by atoms with Crippen LogP contribution in [0.1, 0.15) is 10.4 Å². The Labute approximate surface area is 178 Å². The van der Waals surface area contributed by atoms with Gasteiger partial charge < -0.3 is 10.5 Å². The fraction of sp³-hybridized carbons (Fsp3) is 0.105. The highest BCUT2D eigenvalue weighted by Gasteiger charge is 2.26. The van der Waals surface area contributed by atoms with E-state index in [-0.39, 0.29) is 22.0 Å². The van der Waals surface area contributed by atoms with Crippen LogP contribution in [-0.2, 0) is 19.6 Å². The zero-order valence-electron chi connectivity index (χ0n) is 15.6. The van der Waals surface area contributed by atoms with E-state index in [0.29, 0.717) is 5.69 Å². The SMILES string of the molecule is C=CCN(c1ccccc1)S(=O)(=O)c1ccc(Cl)c(C(=O)OCC(=O)NC(N)=O)c1. The van der Waals surface area contributed by atoms with E-state index in [1.54, 1.807) is 35.6 Å². The summed E-state index contributed by atoms with van der Waals surface area (Å²) in [6, 6.07) is 10.8. The van der Waals surface area contributed by atoms with Gasteiger partial charge in [0.25, 0.3) is 15.9 Å². The highest BCUT2D eigenvalue weighted by Crippen LogP contribution is 2.27. The van der Waals surface area contributed by atoms with Crippen LogP contribution in [0.15, 0.2) is 66.1 Å². The highest BCUT2D eigenvalue weighted by atomic mass is 35.5. The van der Waals surface area contributed by atoms with Crippen molar-refractivity contribution in [3.8, 4) is 0 Å². The molecule has 3 amide bonds. The van der Waals surface area contributed by atoms with Crippen LogP contribution >= 0.6 is 11.6 Å². The lowest BCUT2D eigenvalue weighted by Crippen LogP contribution is -2.37. The first-order valence-electron chi connectivity index (χ1n) is 8.41. The predicted octanol–water partition coefficient (Wildman–Crippen LogP) is 2.07. The fourth-order valence-electron chi connectivity index (χ4n) is 2.38. The average molecular weight is 452 g/mol. The van der Waals surface area contributed by atoms with Gasteiger partial charge in [0.1, 0.15) is 0 Å². The summed E-state index contributed by atoms with van der Waals surface area (Å²) in [6.07, 6.45) is 1.42. The number of urea groups is 1. The third kappa shape index (κ3) is 5.58. The number of carbonyl (C=O) groups is 3. The van der Waals surface area contributed by atoms with Gasteiger partial charge in [-0.2, -0.15) is 0 Å². The molecule has 0 bridgehead atoms. The second kappa shape index (κ2) is 9.90. The van der Waals surface area contributed by atoms with Crippen LogP contribution in [-0.4, -0.2) is 39.5 Å². The third-order valence-electron chi connectivity index (χ3n) is 3.68. The topological polar surface area (TPSA) is 136 Å². The molecule has 0 aliphatic rings. The lowest BCUT2D eigenvalue weighted by molar-refractivity contribution is -0.123. The van der Waals surface area contributed by atoms with Gasteiger partial charge in [-0.1, -0.05) is 35.9 Å². The van der Waals surface area contributed by atoms with Crippen molar-refractivity contribution in [2.45, 2.75) is 4.90 Å². The van der Waals surface area contributed by atoms with Crippen LogP contribution < -0.4 is 15.4 Å². The number of carbonyl (C=O) groups excluding carboxylic acids is 3. The van der Waals surface area contributed by atoms with Gasteiger partial charge in [-0.25, -0.2) is 18.0 Å². The van der Waals surface area contributed by atoms with Crippen molar-refractivity contribution in [1.82, 2.24) is 5.32 Å². The zero-order valence-corrected chi connectivity index (χ0v) is 17.2. The summed E-state index contributed by atoms with van der Waals surface area (Å²) in [6.45, 7) is 2.77. The number of ether oxygens (including phenoxy) is 1. The Bertz CT molecular complexity index is 1070. The van der Waals surface area contributed by atoms with Crippen LogP contribution in [0.25, 0.3) is 0 Å². The molecule has 0 fully saturated rings. The summed E-state index contributed by atoms with van der Waals surface area (Å²) in [7, 11) is -4.08. The van der Waals surface area contributed by atoms with Gasteiger partial charge in [0, 0.05) is 0 Å². The number of esters is 1. The van der Waals surface area contributed by atoms with E-state index >= 15 is 0 Å². The number of sulfonamides is 1. The van der Waals surface area contributed by atoms with E-state index in [4.69, 9.17) is 22.1 Å². The van der Waals surface area contributed by atoms with Gasteiger partial charge in [0.2, 0.25) is 0 Å². The summed E-state index contributed by atoms with van der Waals surface area (Å²) in [5.74, 6) is -2.00. The van der Waals surface area contributed by atoms with Gasteiger partial charge >= 0.3 is 12.0 Å². The number of rotatable bonds is 8. The molecular formula is C19H18ClN3O6S. The molecule has 0 aromatic heterocycles. The van der Waals surface area contributed by atoms with Crippen LogP contribution in [0.3, 0.4) is 0 Å². The van der Waals surface area contributed by atoms with Crippen molar-refractivity contribution in [2.75, 3.05) is 17.5 Å². The molecular weight excluding hydrogens is 434 g/mol. The number of halogens is 1. The molecule has 0 atom stereocenters. The molecule has 0 saturated heterocycles. The first-order valence-corrected chi connectivity index (χ1v) is 10.2. The number of hydrogen-bond donors (Lipinski definition) is 2. The Morgan fingerprint density at radius 2 is 1.83 bits per heavy atom. The number of para-hydroxylation sites is 1. The van der Waals surface area contributed by atoms with Gasteiger partial charge in [-0.3, -0.25) is 14.4 Å². The van der Waals surface area contributed by atoms with E-state index in [0.717, 1.165) is 10.4 Å². The van der Waals surface area contributed by atoms with Gasteiger partial charge in [-0.15, -0.1) is 6.58 Å². The molecule has 0 aliphatic carbocycles. The molecule has 0 heterocycles. The normalized spacial score (nSPS) is 10.7. The molecule has 2 aromatic carbocycles. The average Bonchev–Trinajstić information content (AvgIpc) is 2.70. The van der Waals surface area contributed by atoms with Crippen molar-refractivity contribution in [1.29, 1.82) is 0 Å². The Balaban J connectivity index is 2.34. The first kappa shape index (κ1) is 22.9. The molecule has 0 spiro atoms. The number of amides is 3. The molecule has 0 unspecified atom stereocenters. The predicted molar refractivity (Wildman–Crippen MR) is 111 cm³/mol. The number of nitrogens with two attached hydrogens (primary N) is 1. The van der Waals surface area contributed by atoms with E-state index in [9.17, 15) is 22.8 Å². The molecule has 158 valence electrons. The van der Waals surface area contributed by atoms with Gasteiger partial charge in [0.05, 0.1) is 27.7 Å². The van der Waals surface area contributed by atoms with E-state index in [1.165, 1.54) is 18.2 Å². The molecule has 30 heavy (non-hydrogen) atoms. The quantitative estimate of drug-likeness (QED) is 0.465. The summed E-state index contributed by atoms with van der Waals surface area (Å²) >= 11 is 6.00. The number of nitrogens with zero attached hydrogens (tertiary/aromatic N) is 1. The van der Waals surface area contributed by atoms with E-state index in [1.807, 2.05) is 0 Å². The van der Waals surface area contributed by atoms with Gasteiger partial charge in [0.15, 0.2) is 6.61 Å². The Morgan fingerprint density at radius 3 is 2.43 bits per heavy atom. The molecule has 2 rings (SSSR count). The number of imide groups is 1. The number of anilines is 1. The molecule has 3 N–H and O–H groups in total. The number of primary amides is 1. The molecule has 0 radical (unpaired) electrons. The smallest absolute Gasteiger partial charge is 0.340 e. The van der Waals surface area contributed by atoms with Crippen LogP contribution in [0.4, 0.5) is 10.5 Å². The van der Waals surface area contributed by atoms with Crippen molar-refractivity contribution in [3.63, 3.8) is 0 Å². The third-order valence-corrected chi connectivity index (χ3v) is 5.80. The second-order valence-corrected chi connectivity index (χ2v) is 8.06. The molecule has 2 aromatic rings. The summed E-state index contributed by atoms with van der Waals surface area (Å²) < 4.78 is 32.2. The number of nitrogens with one attached hydrogen (secondary N) is 1. The lowest BCUT2D eigenvalue weighted by Gasteiger charge is -2.23. The summed E-state index contributed by atoms with van der Waals surface area (Å²) in [5, 5.41) is 1.65. The number of hydrogen-bond acceptors (Lipinski definition) is 6. The maximum absolute atomic E-state index is 13.2. The molecule has 11 heteroatoms. The highest BCUT2D eigenvalue weighted by molar-refractivity contribution is 7.92. The molecule has 9 nitrogen and oxygen atoms in total. The summed E-state index contributed by atoms with van der Waals surface area (Å²) in [4.78, 5) is 34.1. The molecule has 0 aliphatic heterocycles. The Kier molecular flexibility index (Phi) is 7.56. The monoisotopic (exact) mass is 451 g/mol. The minimum absolute atomic E-state index is 0.0119. The fourth-order valence-corrected chi connectivity index (χ4v) is 4.04. The number of benzene rings is 2. The van der Waals surface area contributed by atoms with Crippen molar-refractivity contribution < 1.29 is 27.5 Å². The Morgan fingerprint density at radius 1 is 1.17 bits per heavy atom. The Hall–Kier alpha value is -3.37. The standard InChI is InChI=1S/C19H18ClN3O6S/c1-2-10-23(13-6-4-3-5-7-13)30(27,28)14-8-9-16(20)15(11-14)18(25)29-12-17(24)22-19(21)26/h2-9,11H,1,10,12H2,(H3,21,22,24,26). The van der Waals surface area contributed by atoms with Crippen molar-refractivity contribution in [2.24, 2.45) is 5.73 Å². The zero-order chi connectivity index (χ0) is 22.3. The van der Waals surface area contributed by atoms with Crippen molar-refractivity contribution in [3.05, 3.63) is 71.8 Å². The van der Waals surface area contributed by atoms with Crippen LogP contribution in [0.5, 0.6) is 0 Å². The summed E-state index contributed by atoms with van der Waals surface area (Å²) in [5.41, 5.74) is 4.93. The maximum atomic E-state index is 13.2. The van der Waals surface area contributed by atoms with E-state index < -0.39 is 34.5 Å². The van der Waals surface area contributed by atoms with Crippen LogP contribution in [0, 0.1) is 0 Å².